The van der Waals surface area contributed by atoms with Gasteiger partial charge in [0.1, 0.15) is 5.75 Å². The second kappa shape index (κ2) is 10.6. The lowest BCUT2D eigenvalue weighted by molar-refractivity contribution is -0.150. The molecule has 2 N–H and O–H groups in total. The number of carbonyl (C=O) groups is 3. The molecule has 1 rings (SSSR count). The minimum absolute atomic E-state index is 0.389. The molecular weight excluding hydrogens is 326 g/mol. The van der Waals surface area contributed by atoms with Gasteiger partial charge in [0, 0.05) is 6.54 Å². The number of esters is 1. The van der Waals surface area contributed by atoms with Gasteiger partial charge in [-0.2, -0.15) is 5.26 Å². The smallest absolute Gasteiger partial charge is 0.344 e. The number of amides is 3. The maximum Gasteiger partial charge on any atom is 0.344 e. The zero-order valence-corrected chi connectivity index (χ0v) is 14.2. The molecule has 134 valence electrons. The van der Waals surface area contributed by atoms with Gasteiger partial charge in [-0.1, -0.05) is 13.8 Å². The highest BCUT2D eigenvalue weighted by molar-refractivity contribution is 5.95. The maximum atomic E-state index is 11.5. The predicted octanol–water partition coefficient (Wildman–Crippen LogP) is 1.35. The second-order valence-corrected chi connectivity index (χ2v) is 5.57. The Hall–Kier alpha value is -3.08. The first-order valence-electron chi connectivity index (χ1n) is 7.77. The van der Waals surface area contributed by atoms with Gasteiger partial charge in [0.05, 0.1) is 11.6 Å². The summed E-state index contributed by atoms with van der Waals surface area (Å²) in [7, 11) is 0. The molecule has 0 saturated heterocycles. The quantitative estimate of drug-likeness (QED) is 0.686. The first-order chi connectivity index (χ1) is 11.9. The highest BCUT2D eigenvalue weighted by Crippen LogP contribution is 2.11. The number of hydrogen-bond donors (Lipinski definition) is 2. The number of hydrogen-bond acceptors (Lipinski definition) is 6. The van der Waals surface area contributed by atoms with E-state index in [9.17, 15) is 14.4 Å². The number of ether oxygens (including phenoxy) is 2. The molecule has 0 saturated carbocycles. The third kappa shape index (κ3) is 8.95. The number of nitrogens with one attached hydrogen (secondary N) is 2. The van der Waals surface area contributed by atoms with E-state index in [1.165, 1.54) is 0 Å². The lowest BCUT2D eigenvalue weighted by Gasteiger charge is -2.09. The van der Waals surface area contributed by atoms with E-state index in [4.69, 9.17) is 14.7 Å². The van der Waals surface area contributed by atoms with E-state index in [1.54, 1.807) is 24.3 Å². The molecule has 0 spiro atoms. The van der Waals surface area contributed by atoms with Gasteiger partial charge in [-0.3, -0.25) is 10.1 Å². The van der Waals surface area contributed by atoms with Crippen LogP contribution in [0.4, 0.5) is 4.79 Å². The molecule has 0 heterocycles. The third-order valence-corrected chi connectivity index (χ3v) is 2.96. The topological polar surface area (TPSA) is 118 Å². The molecule has 0 fully saturated rings. The van der Waals surface area contributed by atoms with Crippen LogP contribution in [-0.2, 0) is 14.3 Å². The van der Waals surface area contributed by atoms with Crippen molar-refractivity contribution in [2.24, 2.45) is 5.92 Å². The molecule has 8 nitrogen and oxygen atoms in total. The lowest BCUT2D eigenvalue weighted by Crippen LogP contribution is -2.42. The standard InChI is InChI=1S/C17H21N3O5/c1-12(2)7-8-19-17(23)20-15(21)10-25-16(22)11-24-14-5-3-13(9-18)4-6-14/h3-6,12H,7-8,10-11H2,1-2H3,(H2,19,20,21,23). The molecular formula is C17H21N3O5. The summed E-state index contributed by atoms with van der Waals surface area (Å²) in [5.41, 5.74) is 0.471. The van der Waals surface area contributed by atoms with E-state index in [0.29, 0.717) is 23.8 Å². The van der Waals surface area contributed by atoms with E-state index in [-0.39, 0.29) is 6.61 Å². The van der Waals surface area contributed by atoms with Crippen LogP contribution in [0.2, 0.25) is 0 Å². The molecule has 25 heavy (non-hydrogen) atoms. The fraction of sp³-hybridized carbons (Fsp3) is 0.412. The van der Waals surface area contributed by atoms with Crippen molar-refractivity contribution in [1.82, 2.24) is 10.6 Å². The van der Waals surface area contributed by atoms with Crippen LogP contribution in [0.5, 0.6) is 5.75 Å². The Morgan fingerprint density at radius 3 is 2.44 bits per heavy atom. The van der Waals surface area contributed by atoms with Crippen molar-refractivity contribution in [3.8, 4) is 11.8 Å². The SMILES string of the molecule is CC(C)CCNC(=O)NC(=O)COC(=O)COc1ccc(C#N)cc1. The highest BCUT2D eigenvalue weighted by Gasteiger charge is 2.11. The van der Waals surface area contributed by atoms with Crippen LogP contribution < -0.4 is 15.4 Å². The monoisotopic (exact) mass is 347 g/mol. The molecule has 0 aromatic heterocycles. The van der Waals surface area contributed by atoms with Crippen molar-refractivity contribution in [3.63, 3.8) is 0 Å². The van der Waals surface area contributed by atoms with Crippen LogP contribution in [0, 0.1) is 17.2 Å². The Kier molecular flexibility index (Phi) is 8.50. The molecule has 3 amide bonds. The number of urea groups is 1. The molecule has 8 heteroatoms. The van der Waals surface area contributed by atoms with Crippen LogP contribution in [0.25, 0.3) is 0 Å². The summed E-state index contributed by atoms with van der Waals surface area (Å²) < 4.78 is 9.87. The van der Waals surface area contributed by atoms with Crippen LogP contribution in [0.3, 0.4) is 0 Å². The molecule has 1 aromatic rings. The molecule has 0 radical (unpaired) electrons. The normalized spacial score (nSPS) is 9.84. The summed E-state index contributed by atoms with van der Waals surface area (Å²) in [6, 6.07) is 7.51. The Morgan fingerprint density at radius 1 is 1.16 bits per heavy atom. The highest BCUT2D eigenvalue weighted by atomic mass is 16.6. The fourth-order valence-corrected chi connectivity index (χ4v) is 1.64. The van der Waals surface area contributed by atoms with E-state index in [0.717, 1.165) is 6.42 Å². The van der Waals surface area contributed by atoms with Crippen molar-refractivity contribution < 1.29 is 23.9 Å². The van der Waals surface area contributed by atoms with Crippen LogP contribution in [0.15, 0.2) is 24.3 Å². The molecule has 1 aromatic carbocycles. The Bertz CT molecular complexity index is 635. The molecule has 0 bridgehead atoms. The van der Waals surface area contributed by atoms with Gasteiger partial charge in [-0.25, -0.2) is 9.59 Å². The zero-order chi connectivity index (χ0) is 18.7. The zero-order valence-electron chi connectivity index (χ0n) is 14.2. The lowest BCUT2D eigenvalue weighted by atomic mass is 10.1. The summed E-state index contributed by atoms with van der Waals surface area (Å²) >= 11 is 0. The minimum Gasteiger partial charge on any atom is -0.482 e. The number of nitrogens with zero attached hydrogens (tertiary/aromatic N) is 1. The Morgan fingerprint density at radius 2 is 1.84 bits per heavy atom. The summed E-state index contributed by atoms with van der Waals surface area (Å²) in [5.74, 6) is -0.647. The third-order valence-electron chi connectivity index (χ3n) is 2.96. The van der Waals surface area contributed by atoms with Gasteiger partial charge < -0.3 is 14.8 Å². The van der Waals surface area contributed by atoms with Crippen molar-refractivity contribution in [2.75, 3.05) is 19.8 Å². The van der Waals surface area contributed by atoms with Crippen molar-refractivity contribution in [1.29, 1.82) is 5.26 Å². The predicted molar refractivity (Wildman–Crippen MR) is 88.6 cm³/mol. The van der Waals surface area contributed by atoms with Crippen LogP contribution in [0.1, 0.15) is 25.8 Å². The number of rotatable bonds is 8. The fourth-order valence-electron chi connectivity index (χ4n) is 1.64. The summed E-state index contributed by atoms with van der Waals surface area (Å²) in [6.45, 7) is 3.52. The van der Waals surface area contributed by atoms with Gasteiger partial charge in [-0.15, -0.1) is 0 Å². The van der Waals surface area contributed by atoms with Gasteiger partial charge in [0.15, 0.2) is 13.2 Å². The van der Waals surface area contributed by atoms with E-state index in [2.05, 4.69) is 10.6 Å². The van der Waals surface area contributed by atoms with Gasteiger partial charge >= 0.3 is 12.0 Å². The average molecular weight is 347 g/mol. The first kappa shape index (κ1) is 20.0. The molecule has 0 unspecified atom stereocenters. The van der Waals surface area contributed by atoms with E-state index >= 15 is 0 Å². The van der Waals surface area contributed by atoms with Gasteiger partial charge in [0.25, 0.3) is 5.91 Å². The number of imide groups is 1. The molecule has 0 aliphatic rings. The summed E-state index contributed by atoms with van der Waals surface area (Å²) in [6.07, 6.45) is 0.795. The molecule has 0 aliphatic carbocycles. The van der Waals surface area contributed by atoms with E-state index in [1.807, 2.05) is 19.9 Å². The van der Waals surface area contributed by atoms with Crippen LogP contribution in [-0.4, -0.2) is 37.7 Å². The molecule has 0 atom stereocenters. The first-order valence-corrected chi connectivity index (χ1v) is 7.77. The number of nitriles is 1. The van der Waals surface area contributed by atoms with Crippen molar-refractivity contribution in [2.45, 2.75) is 20.3 Å². The Balaban J connectivity index is 2.21. The van der Waals surface area contributed by atoms with Gasteiger partial charge in [-0.05, 0) is 36.6 Å². The van der Waals surface area contributed by atoms with Crippen LogP contribution >= 0.6 is 0 Å². The average Bonchev–Trinajstić information content (AvgIpc) is 2.58. The summed E-state index contributed by atoms with van der Waals surface area (Å²) in [5, 5.41) is 13.3. The number of benzene rings is 1. The minimum atomic E-state index is -0.750. The number of carbonyl (C=O) groups excluding carboxylic acids is 3. The molecule has 0 aliphatic heterocycles. The van der Waals surface area contributed by atoms with E-state index < -0.39 is 24.5 Å². The Labute approximate surface area is 146 Å². The van der Waals surface area contributed by atoms with Crippen molar-refractivity contribution in [3.05, 3.63) is 29.8 Å². The van der Waals surface area contributed by atoms with Crippen molar-refractivity contribution >= 4 is 17.9 Å². The van der Waals surface area contributed by atoms with Gasteiger partial charge in [0.2, 0.25) is 0 Å². The maximum absolute atomic E-state index is 11.5. The summed E-state index contributed by atoms with van der Waals surface area (Å²) in [4.78, 5) is 34.4. The largest absolute Gasteiger partial charge is 0.482 e. The second-order valence-electron chi connectivity index (χ2n) is 5.57.